The first kappa shape index (κ1) is 8.91. The van der Waals surface area contributed by atoms with Crippen molar-refractivity contribution in [1.29, 1.82) is 0 Å². The van der Waals surface area contributed by atoms with Crippen LogP contribution in [0.2, 0.25) is 0 Å². The van der Waals surface area contributed by atoms with Crippen LogP contribution in [0.3, 0.4) is 0 Å². The average Bonchev–Trinajstić information content (AvgIpc) is 2.08. The number of hydrogen-bond donors (Lipinski definition) is 2. The van der Waals surface area contributed by atoms with E-state index in [0.717, 1.165) is 11.4 Å². The van der Waals surface area contributed by atoms with E-state index in [4.69, 9.17) is 5.73 Å². The van der Waals surface area contributed by atoms with Gasteiger partial charge in [0.25, 0.3) is 0 Å². The third kappa shape index (κ3) is 1.24. The average molecular weight is 164 g/mol. The van der Waals surface area contributed by atoms with E-state index in [-0.39, 0.29) is 0 Å². The molecule has 2 nitrogen and oxygen atoms in total. The van der Waals surface area contributed by atoms with Gasteiger partial charge in [0.05, 0.1) is 0 Å². The molecule has 12 heavy (non-hydrogen) atoms. The standard InChI is InChI=1S/C10H16N2/c1-6-7(2)9(11)5-10(12-4)8(6)3/h5,12H,11H2,1-4H3. The molecule has 66 valence electrons. The minimum atomic E-state index is 0.863. The van der Waals surface area contributed by atoms with Crippen molar-refractivity contribution in [2.75, 3.05) is 18.1 Å². The normalized spacial score (nSPS) is 10.0. The van der Waals surface area contributed by atoms with Gasteiger partial charge in [-0.3, -0.25) is 0 Å². The molecule has 0 amide bonds. The van der Waals surface area contributed by atoms with Crippen LogP contribution in [0, 0.1) is 20.8 Å². The second-order valence-corrected chi connectivity index (χ2v) is 3.14. The summed E-state index contributed by atoms with van der Waals surface area (Å²) >= 11 is 0. The molecular weight excluding hydrogens is 148 g/mol. The smallest absolute Gasteiger partial charge is 0.0390 e. The van der Waals surface area contributed by atoms with Gasteiger partial charge in [-0.15, -0.1) is 0 Å². The predicted octanol–water partition coefficient (Wildman–Crippen LogP) is 2.24. The lowest BCUT2D eigenvalue weighted by molar-refractivity contribution is 1.26. The molecule has 0 fully saturated rings. The van der Waals surface area contributed by atoms with Crippen LogP contribution in [-0.4, -0.2) is 7.05 Å². The van der Waals surface area contributed by atoms with Crippen molar-refractivity contribution in [2.45, 2.75) is 20.8 Å². The molecule has 1 aromatic rings. The summed E-state index contributed by atoms with van der Waals surface area (Å²) in [5.74, 6) is 0. The number of nitrogen functional groups attached to an aromatic ring is 1. The highest BCUT2D eigenvalue weighted by Crippen LogP contribution is 2.26. The molecule has 0 unspecified atom stereocenters. The first-order chi connectivity index (χ1) is 5.57. The number of benzene rings is 1. The monoisotopic (exact) mass is 164 g/mol. The summed E-state index contributed by atoms with van der Waals surface area (Å²) in [5, 5.41) is 3.12. The molecule has 0 aliphatic carbocycles. The molecule has 1 aromatic carbocycles. The van der Waals surface area contributed by atoms with Crippen LogP contribution in [-0.2, 0) is 0 Å². The van der Waals surface area contributed by atoms with Crippen LogP contribution in [0.15, 0.2) is 6.07 Å². The van der Waals surface area contributed by atoms with Crippen molar-refractivity contribution in [2.24, 2.45) is 0 Å². The van der Waals surface area contributed by atoms with E-state index in [1.54, 1.807) is 0 Å². The molecule has 0 bridgehead atoms. The minimum Gasteiger partial charge on any atom is -0.398 e. The first-order valence-electron chi connectivity index (χ1n) is 4.12. The zero-order valence-corrected chi connectivity index (χ0v) is 8.15. The van der Waals surface area contributed by atoms with E-state index in [1.165, 1.54) is 16.7 Å². The van der Waals surface area contributed by atoms with Gasteiger partial charge in [-0.2, -0.15) is 0 Å². The van der Waals surface area contributed by atoms with Crippen molar-refractivity contribution in [3.05, 3.63) is 22.8 Å². The van der Waals surface area contributed by atoms with Crippen molar-refractivity contribution in [1.82, 2.24) is 0 Å². The highest BCUT2D eigenvalue weighted by molar-refractivity contribution is 5.66. The molecule has 0 aliphatic rings. The van der Waals surface area contributed by atoms with Crippen molar-refractivity contribution in [3.63, 3.8) is 0 Å². The summed E-state index contributed by atoms with van der Waals surface area (Å²) < 4.78 is 0. The van der Waals surface area contributed by atoms with E-state index in [2.05, 4.69) is 26.1 Å². The van der Waals surface area contributed by atoms with E-state index >= 15 is 0 Å². The molecule has 0 heterocycles. The Morgan fingerprint density at radius 2 is 1.67 bits per heavy atom. The van der Waals surface area contributed by atoms with Crippen LogP contribution in [0.5, 0.6) is 0 Å². The SMILES string of the molecule is CNc1cc(N)c(C)c(C)c1C. The quantitative estimate of drug-likeness (QED) is 0.625. The third-order valence-electron chi connectivity index (χ3n) is 2.53. The second-order valence-electron chi connectivity index (χ2n) is 3.14. The lowest BCUT2D eigenvalue weighted by Gasteiger charge is -2.13. The van der Waals surface area contributed by atoms with Gasteiger partial charge in [0.2, 0.25) is 0 Å². The molecule has 1 rings (SSSR count). The zero-order chi connectivity index (χ0) is 9.30. The maximum absolute atomic E-state index is 5.83. The van der Waals surface area contributed by atoms with E-state index < -0.39 is 0 Å². The molecule has 0 saturated heterocycles. The van der Waals surface area contributed by atoms with Crippen LogP contribution in [0.4, 0.5) is 11.4 Å². The van der Waals surface area contributed by atoms with Gasteiger partial charge in [-0.1, -0.05) is 0 Å². The van der Waals surface area contributed by atoms with Gasteiger partial charge < -0.3 is 11.1 Å². The first-order valence-corrected chi connectivity index (χ1v) is 4.12. The van der Waals surface area contributed by atoms with Gasteiger partial charge in [0.15, 0.2) is 0 Å². The Hall–Kier alpha value is -1.18. The number of hydrogen-bond acceptors (Lipinski definition) is 2. The molecule has 3 N–H and O–H groups in total. The lowest BCUT2D eigenvalue weighted by Crippen LogP contribution is -2.00. The van der Waals surface area contributed by atoms with Crippen LogP contribution in [0.25, 0.3) is 0 Å². The number of rotatable bonds is 1. The Kier molecular flexibility index (Phi) is 2.27. The fourth-order valence-corrected chi connectivity index (χ4v) is 1.33. The van der Waals surface area contributed by atoms with E-state index in [9.17, 15) is 0 Å². The van der Waals surface area contributed by atoms with Crippen molar-refractivity contribution >= 4 is 11.4 Å². The molecule has 0 aliphatic heterocycles. The minimum absolute atomic E-state index is 0.863. The van der Waals surface area contributed by atoms with Crippen molar-refractivity contribution in [3.8, 4) is 0 Å². The van der Waals surface area contributed by atoms with E-state index in [0.29, 0.717) is 0 Å². The lowest BCUT2D eigenvalue weighted by atomic mass is 10.0. The summed E-state index contributed by atoms with van der Waals surface area (Å²) in [6.07, 6.45) is 0. The highest BCUT2D eigenvalue weighted by Gasteiger charge is 2.05. The Morgan fingerprint density at radius 3 is 2.17 bits per heavy atom. The van der Waals surface area contributed by atoms with E-state index in [1.807, 2.05) is 13.1 Å². The molecule has 0 saturated carbocycles. The summed E-state index contributed by atoms with van der Waals surface area (Å²) in [7, 11) is 1.91. The van der Waals surface area contributed by atoms with Crippen molar-refractivity contribution < 1.29 is 0 Å². The topological polar surface area (TPSA) is 38.0 Å². The van der Waals surface area contributed by atoms with Gasteiger partial charge in [-0.05, 0) is 43.5 Å². The molecule has 0 atom stereocenters. The zero-order valence-electron chi connectivity index (χ0n) is 8.15. The Morgan fingerprint density at radius 1 is 1.08 bits per heavy atom. The second kappa shape index (κ2) is 3.05. The number of anilines is 2. The van der Waals surface area contributed by atoms with Crippen LogP contribution in [0.1, 0.15) is 16.7 Å². The third-order valence-corrected chi connectivity index (χ3v) is 2.53. The van der Waals surface area contributed by atoms with Gasteiger partial charge >= 0.3 is 0 Å². The molecule has 0 aromatic heterocycles. The predicted molar refractivity (Wildman–Crippen MR) is 54.6 cm³/mol. The summed E-state index contributed by atoms with van der Waals surface area (Å²) in [5.41, 5.74) is 11.6. The summed E-state index contributed by atoms with van der Waals surface area (Å²) in [6.45, 7) is 6.26. The fourth-order valence-electron chi connectivity index (χ4n) is 1.33. The fraction of sp³-hybridized carbons (Fsp3) is 0.400. The van der Waals surface area contributed by atoms with Gasteiger partial charge in [-0.25, -0.2) is 0 Å². The number of nitrogens with one attached hydrogen (secondary N) is 1. The summed E-state index contributed by atoms with van der Waals surface area (Å²) in [6, 6.07) is 1.98. The van der Waals surface area contributed by atoms with Crippen LogP contribution >= 0.6 is 0 Å². The molecule has 0 radical (unpaired) electrons. The Balaban J connectivity index is 3.39. The molecule has 2 heteroatoms. The van der Waals surface area contributed by atoms with Gasteiger partial charge in [0.1, 0.15) is 0 Å². The summed E-state index contributed by atoms with van der Waals surface area (Å²) in [4.78, 5) is 0. The van der Waals surface area contributed by atoms with Crippen LogP contribution < -0.4 is 11.1 Å². The highest BCUT2D eigenvalue weighted by atomic mass is 14.8. The number of nitrogens with two attached hydrogens (primary N) is 1. The Bertz CT molecular complexity index is 303. The molecule has 0 spiro atoms. The largest absolute Gasteiger partial charge is 0.398 e. The van der Waals surface area contributed by atoms with Gasteiger partial charge in [0, 0.05) is 18.4 Å². The molecular formula is C10H16N2. The maximum atomic E-state index is 5.83. The maximum Gasteiger partial charge on any atom is 0.0390 e. The Labute approximate surface area is 73.8 Å².